The number of hydrogen-bond donors (Lipinski definition) is 6. The van der Waals surface area contributed by atoms with Gasteiger partial charge in [-0.15, -0.1) is 0 Å². The van der Waals surface area contributed by atoms with Gasteiger partial charge in [0.15, 0.2) is 6.10 Å². The van der Waals surface area contributed by atoms with Gasteiger partial charge in [-0.25, -0.2) is 4.57 Å². The quantitative estimate of drug-likeness (QED) is 0.0231. The standard InChI is InChI=1S/C36H67O13P/c1-3-5-7-9-11-13-14-15-16-17-19-21-23-25-30(38)48-28(26-46-29(37)24-22-20-18-12-10-8-6-4-2)27-47-50(44,45)49-36-34(42)32(40)31(39)33(41)35(36)43/h13-14,28,31-36,39-43H,3-12,15-27H2,1-2H3,(H,44,45)/b14-13+/t28-,31?,32-,33?,34?,35?,36?/m1/s1. The molecule has 6 unspecified atom stereocenters. The number of phosphoric ester groups is 1. The van der Waals surface area contributed by atoms with Gasteiger partial charge in [-0.2, -0.15) is 0 Å². The summed E-state index contributed by atoms with van der Waals surface area (Å²) in [7, 11) is -5.10. The minimum atomic E-state index is -5.10. The Balaban J connectivity index is 2.56. The Hall–Kier alpha value is -1.41. The van der Waals surface area contributed by atoms with E-state index in [0.29, 0.717) is 12.8 Å². The second-order valence-electron chi connectivity index (χ2n) is 13.4. The number of rotatable bonds is 30. The smallest absolute Gasteiger partial charge is 0.462 e. The van der Waals surface area contributed by atoms with Crippen LogP contribution in [-0.2, 0) is 32.7 Å². The predicted octanol–water partition coefficient (Wildman–Crippen LogP) is 5.55. The molecule has 1 saturated carbocycles. The average Bonchev–Trinajstić information content (AvgIpc) is 3.09. The fourth-order valence-corrected chi connectivity index (χ4v) is 6.66. The zero-order chi connectivity index (χ0) is 37.2. The van der Waals surface area contributed by atoms with Crippen molar-refractivity contribution in [2.45, 2.75) is 191 Å². The van der Waals surface area contributed by atoms with Gasteiger partial charge < -0.3 is 39.9 Å². The normalized spacial score (nSPS) is 24.2. The molecule has 8 atom stereocenters. The first-order chi connectivity index (χ1) is 23.9. The summed E-state index contributed by atoms with van der Waals surface area (Å²) in [6.45, 7) is 3.20. The lowest BCUT2D eigenvalue weighted by Gasteiger charge is -2.41. The van der Waals surface area contributed by atoms with Crippen molar-refractivity contribution in [1.82, 2.24) is 0 Å². The van der Waals surface area contributed by atoms with Crippen molar-refractivity contribution in [2.75, 3.05) is 13.2 Å². The van der Waals surface area contributed by atoms with Gasteiger partial charge in [-0.3, -0.25) is 18.6 Å². The zero-order valence-electron chi connectivity index (χ0n) is 30.4. The molecule has 0 saturated heterocycles. The molecule has 0 aliphatic heterocycles. The second kappa shape index (κ2) is 28.1. The van der Waals surface area contributed by atoms with E-state index >= 15 is 0 Å². The molecule has 0 radical (unpaired) electrons. The maximum atomic E-state index is 12.7. The molecule has 13 nitrogen and oxygen atoms in total. The van der Waals surface area contributed by atoms with Crippen LogP contribution in [0.1, 0.15) is 149 Å². The molecule has 1 aliphatic rings. The van der Waals surface area contributed by atoms with E-state index in [-0.39, 0.29) is 12.8 Å². The van der Waals surface area contributed by atoms with E-state index in [1.54, 1.807) is 0 Å². The van der Waals surface area contributed by atoms with Gasteiger partial charge in [0.25, 0.3) is 0 Å². The lowest BCUT2D eigenvalue weighted by atomic mass is 9.85. The highest BCUT2D eigenvalue weighted by Crippen LogP contribution is 2.47. The Morgan fingerprint density at radius 2 is 1.02 bits per heavy atom. The van der Waals surface area contributed by atoms with Crippen molar-refractivity contribution in [3.63, 3.8) is 0 Å². The third-order valence-electron chi connectivity index (χ3n) is 8.86. The summed E-state index contributed by atoms with van der Waals surface area (Å²) >= 11 is 0. The van der Waals surface area contributed by atoms with Crippen LogP contribution in [0.15, 0.2) is 12.2 Å². The SMILES string of the molecule is CCCCCC/C=C/CCCCCCCC(=O)O[C@H](COC(=O)CCCCCCCCCC)COP(=O)(O)OC1C(O)C(O)C(O)[C@@H](O)C1O. The highest BCUT2D eigenvalue weighted by atomic mass is 31.2. The number of carbonyl (C=O) groups excluding carboxylic acids is 2. The number of aliphatic hydroxyl groups excluding tert-OH is 5. The number of allylic oxidation sites excluding steroid dienone is 2. The average molecular weight is 739 g/mol. The lowest BCUT2D eigenvalue weighted by Crippen LogP contribution is -2.64. The number of aliphatic hydroxyl groups is 5. The maximum Gasteiger partial charge on any atom is 0.472 e. The highest BCUT2D eigenvalue weighted by molar-refractivity contribution is 7.47. The molecule has 294 valence electrons. The van der Waals surface area contributed by atoms with Gasteiger partial charge in [0.05, 0.1) is 6.61 Å². The van der Waals surface area contributed by atoms with Crippen molar-refractivity contribution < 1.29 is 63.1 Å². The van der Waals surface area contributed by atoms with Crippen molar-refractivity contribution in [3.05, 3.63) is 12.2 Å². The number of ether oxygens (including phenoxy) is 2. The van der Waals surface area contributed by atoms with Gasteiger partial charge in [0, 0.05) is 12.8 Å². The van der Waals surface area contributed by atoms with E-state index < -0.39 is 75.7 Å². The lowest BCUT2D eigenvalue weighted by molar-refractivity contribution is -0.220. The summed E-state index contributed by atoms with van der Waals surface area (Å²) in [4.78, 5) is 35.3. The van der Waals surface area contributed by atoms with Crippen LogP contribution in [0.5, 0.6) is 0 Å². The van der Waals surface area contributed by atoms with E-state index in [9.17, 15) is 44.6 Å². The number of hydrogen-bond acceptors (Lipinski definition) is 12. The number of phosphoric acid groups is 1. The van der Waals surface area contributed by atoms with E-state index in [0.717, 1.165) is 57.8 Å². The summed E-state index contributed by atoms with van der Waals surface area (Å²) in [6, 6.07) is 0. The third kappa shape index (κ3) is 21.2. The molecular formula is C36H67O13P. The van der Waals surface area contributed by atoms with Crippen molar-refractivity contribution >= 4 is 19.8 Å². The highest BCUT2D eigenvalue weighted by Gasteiger charge is 2.51. The number of unbranched alkanes of at least 4 members (excludes halogenated alkanes) is 16. The fourth-order valence-electron chi connectivity index (χ4n) is 5.69. The minimum absolute atomic E-state index is 0.0895. The Morgan fingerprint density at radius 1 is 0.600 bits per heavy atom. The molecule has 0 aromatic rings. The van der Waals surface area contributed by atoms with Gasteiger partial charge >= 0.3 is 19.8 Å². The molecule has 50 heavy (non-hydrogen) atoms. The van der Waals surface area contributed by atoms with E-state index in [1.165, 1.54) is 51.4 Å². The Labute approximate surface area is 299 Å². The first-order valence-corrected chi connectivity index (χ1v) is 20.5. The van der Waals surface area contributed by atoms with Crippen molar-refractivity contribution in [1.29, 1.82) is 0 Å². The van der Waals surface area contributed by atoms with Crippen LogP contribution in [0.25, 0.3) is 0 Å². The molecule has 0 spiro atoms. The molecule has 1 fully saturated rings. The molecule has 1 rings (SSSR count). The minimum Gasteiger partial charge on any atom is -0.462 e. The summed E-state index contributed by atoms with van der Waals surface area (Å²) < 4.78 is 33.2. The van der Waals surface area contributed by atoms with Crippen LogP contribution in [0.3, 0.4) is 0 Å². The summed E-state index contributed by atoms with van der Waals surface area (Å²) in [5.74, 6) is -1.11. The van der Waals surface area contributed by atoms with Crippen LogP contribution >= 0.6 is 7.82 Å². The Kier molecular flexibility index (Phi) is 26.2. The zero-order valence-corrected chi connectivity index (χ0v) is 31.3. The van der Waals surface area contributed by atoms with Crippen LogP contribution in [0.4, 0.5) is 0 Å². The van der Waals surface area contributed by atoms with Gasteiger partial charge in [-0.1, -0.05) is 109 Å². The van der Waals surface area contributed by atoms with E-state index in [1.807, 2.05) is 0 Å². The topological polar surface area (TPSA) is 210 Å². The second-order valence-corrected chi connectivity index (χ2v) is 14.8. The largest absolute Gasteiger partial charge is 0.472 e. The Bertz CT molecular complexity index is 948. The van der Waals surface area contributed by atoms with Crippen molar-refractivity contribution in [2.24, 2.45) is 0 Å². The van der Waals surface area contributed by atoms with Gasteiger partial charge in [0.1, 0.15) is 43.2 Å². The van der Waals surface area contributed by atoms with Crippen LogP contribution in [-0.4, -0.2) is 98.3 Å². The summed E-state index contributed by atoms with van der Waals surface area (Å²) in [5, 5.41) is 49.8. The molecule has 0 amide bonds. The fraction of sp³-hybridized carbons (Fsp3) is 0.889. The molecule has 0 heterocycles. The first-order valence-electron chi connectivity index (χ1n) is 19.0. The van der Waals surface area contributed by atoms with E-state index in [2.05, 4.69) is 26.0 Å². The predicted molar refractivity (Wildman–Crippen MR) is 189 cm³/mol. The van der Waals surface area contributed by atoms with Crippen molar-refractivity contribution in [3.8, 4) is 0 Å². The van der Waals surface area contributed by atoms with Crippen LogP contribution in [0.2, 0.25) is 0 Å². The number of carbonyl (C=O) groups is 2. The van der Waals surface area contributed by atoms with Crippen LogP contribution in [0, 0.1) is 0 Å². The molecule has 1 aliphatic carbocycles. The van der Waals surface area contributed by atoms with Gasteiger partial charge in [0.2, 0.25) is 0 Å². The Morgan fingerprint density at radius 3 is 1.54 bits per heavy atom. The molecule has 14 heteroatoms. The molecule has 0 aromatic heterocycles. The first kappa shape index (κ1) is 46.6. The molecule has 0 aromatic carbocycles. The monoisotopic (exact) mass is 738 g/mol. The summed E-state index contributed by atoms with van der Waals surface area (Å²) in [5.41, 5.74) is 0. The summed E-state index contributed by atoms with van der Waals surface area (Å²) in [6.07, 6.45) is 11.7. The maximum absolute atomic E-state index is 12.7. The van der Waals surface area contributed by atoms with Gasteiger partial charge in [-0.05, 0) is 38.5 Å². The molecule has 0 bridgehead atoms. The molecular weight excluding hydrogens is 671 g/mol. The van der Waals surface area contributed by atoms with E-state index in [4.69, 9.17) is 18.5 Å². The molecule has 6 N–H and O–H groups in total. The van der Waals surface area contributed by atoms with Crippen LogP contribution < -0.4 is 0 Å². The number of esters is 2. The third-order valence-corrected chi connectivity index (χ3v) is 9.84.